The largest absolute Gasteiger partial charge is 0.398 e. The van der Waals surface area contributed by atoms with Gasteiger partial charge in [0, 0.05) is 25.4 Å². The van der Waals surface area contributed by atoms with Gasteiger partial charge in [0.05, 0.1) is 11.0 Å². The van der Waals surface area contributed by atoms with E-state index >= 15 is 0 Å². The molecule has 1 aromatic rings. The number of ether oxygens (including phenoxy) is 1. The van der Waals surface area contributed by atoms with Gasteiger partial charge in [-0.05, 0) is 43.9 Å². The van der Waals surface area contributed by atoms with E-state index in [1.807, 2.05) is 13.8 Å². The summed E-state index contributed by atoms with van der Waals surface area (Å²) in [6.45, 7) is 5.50. The van der Waals surface area contributed by atoms with E-state index in [-0.39, 0.29) is 11.0 Å². The fourth-order valence-electron chi connectivity index (χ4n) is 2.70. The highest BCUT2D eigenvalue weighted by atomic mass is 32.2. The van der Waals surface area contributed by atoms with Crippen LogP contribution in [-0.4, -0.2) is 38.5 Å². The van der Waals surface area contributed by atoms with Gasteiger partial charge in [-0.2, -0.15) is 4.31 Å². The first kappa shape index (κ1) is 16.3. The first-order valence-electron chi connectivity index (χ1n) is 7.49. The van der Waals surface area contributed by atoms with Crippen LogP contribution in [0.2, 0.25) is 0 Å². The molecule has 0 saturated carbocycles. The first-order valence-corrected chi connectivity index (χ1v) is 8.93. The van der Waals surface area contributed by atoms with Gasteiger partial charge in [0.2, 0.25) is 10.0 Å². The first-order chi connectivity index (χ1) is 9.98. The van der Waals surface area contributed by atoms with Crippen LogP contribution in [0.3, 0.4) is 0 Å². The number of rotatable bonds is 5. The molecule has 118 valence electrons. The summed E-state index contributed by atoms with van der Waals surface area (Å²) in [6, 6.07) is 5.01. The van der Waals surface area contributed by atoms with Crippen molar-refractivity contribution in [2.24, 2.45) is 0 Å². The van der Waals surface area contributed by atoms with Crippen molar-refractivity contribution in [1.29, 1.82) is 0 Å². The molecular weight excluding hydrogens is 288 g/mol. The lowest BCUT2D eigenvalue weighted by atomic mass is 10.1. The van der Waals surface area contributed by atoms with Crippen LogP contribution in [-0.2, 0) is 21.2 Å². The second-order valence-corrected chi connectivity index (χ2v) is 7.23. The number of nitrogen functional groups attached to an aromatic ring is 1. The third-order valence-corrected chi connectivity index (χ3v) is 5.74. The molecule has 0 amide bonds. The van der Waals surface area contributed by atoms with Crippen molar-refractivity contribution in [2.45, 2.75) is 44.1 Å². The number of anilines is 1. The predicted molar refractivity (Wildman–Crippen MR) is 83.6 cm³/mol. The minimum absolute atomic E-state index is 0.00853. The summed E-state index contributed by atoms with van der Waals surface area (Å²) in [5, 5.41) is 0. The zero-order valence-electron chi connectivity index (χ0n) is 12.7. The number of piperidine rings is 1. The Labute approximate surface area is 127 Å². The molecule has 5 nitrogen and oxygen atoms in total. The highest BCUT2D eigenvalue weighted by Crippen LogP contribution is 2.25. The van der Waals surface area contributed by atoms with Gasteiger partial charge in [0.25, 0.3) is 0 Å². The number of benzene rings is 1. The Morgan fingerprint density at radius 2 is 2.14 bits per heavy atom. The van der Waals surface area contributed by atoms with Crippen LogP contribution in [0.25, 0.3) is 0 Å². The van der Waals surface area contributed by atoms with Crippen LogP contribution >= 0.6 is 0 Å². The second-order valence-electron chi connectivity index (χ2n) is 5.30. The monoisotopic (exact) mass is 312 g/mol. The number of sulfonamides is 1. The summed E-state index contributed by atoms with van der Waals surface area (Å²) >= 11 is 0. The normalized spacial score (nSPS) is 20.6. The summed E-state index contributed by atoms with van der Waals surface area (Å²) in [6.07, 6.45) is 2.52. The molecule has 0 aromatic heterocycles. The molecule has 1 heterocycles. The molecule has 1 atom stereocenters. The van der Waals surface area contributed by atoms with Gasteiger partial charge in [-0.15, -0.1) is 0 Å². The molecule has 1 unspecified atom stereocenters. The molecule has 1 aromatic carbocycles. The average Bonchev–Trinajstić information content (AvgIpc) is 2.48. The van der Waals surface area contributed by atoms with E-state index in [9.17, 15) is 8.42 Å². The van der Waals surface area contributed by atoms with Crippen LogP contribution < -0.4 is 5.73 Å². The van der Waals surface area contributed by atoms with E-state index in [0.717, 1.165) is 24.8 Å². The molecule has 1 fully saturated rings. The Morgan fingerprint density at radius 3 is 2.76 bits per heavy atom. The third-order valence-electron chi connectivity index (χ3n) is 3.88. The Morgan fingerprint density at radius 1 is 1.38 bits per heavy atom. The molecule has 21 heavy (non-hydrogen) atoms. The molecule has 0 radical (unpaired) electrons. The minimum atomic E-state index is -3.49. The maximum absolute atomic E-state index is 12.7. The molecule has 0 spiro atoms. The standard InChI is InChI=1S/C15H24N2O3S/c1-3-12-7-8-14(10-15(12)16)21(18,19)17-9-5-6-13(11-17)20-4-2/h7-8,10,13H,3-6,9,11,16H2,1-2H3. The number of hydrogen-bond acceptors (Lipinski definition) is 4. The highest BCUT2D eigenvalue weighted by Gasteiger charge is 2.30. The van der Waals surface area contributed by atoms with E-state index in [2.05, 4.69) is 0 Å². The van der Waals surface area contributed by atoms with Crippen molar-refractivity contribution in [3.05, 3.63) is 23.8 Å². The maximum atomic E-state index is 12.7. The van der Waals surface area contributed by atoms with E-state index in [1.165, 1.54) is 4.31 Å². The fraction of sp³-hybridized carbons (Fsp3) is 0.600. The smallest absolute Gasteiger partial charge is 0.243 e. The van der Waals surface area contributed by atoms with Crippen molar-refractivity contribution < 1.29 is 13.2 Å². The molecular formula is C15H24N2O3S. The van der Waals surface area contributed by atoms with E-state index < -0.39 is 10.0 Å². The zero-order chi connectivity index (χ0) is 15.5. The number of nitrogens with two attached hydrogens (primary N) is 1. The van der Waals surface area contributed by atoms with Crippen LogP contribution in [0.1, 0.15) is 32.3 Å². The van der Waals surface area contributed by atoms with Crippen molar-refractivity contribution in [1.82, 2.24) is 4.31 Å². The molecule has 2 N–H and O–H groups in total. The Kier molecular flexibility index (Phi) is 5.24. The molecule has 0 aliphatic carbocycles. The molecule has 1 aliphatic heterocycles. The lowest BCUT2D eigenvalue weighted by Crippen LogP contribution is -2.43. The zero-order valence-corrected chi connectivity index (χ0v) is 13.5. The lowest BCUT2D eigenvalue weighted by molar-refractivity contribution is 0.0265. The summed E-state index contributed by atoms with van der Waals surface area (Å²) in [7, 11) is -3.49. The molecule has 6 heteroatoms. The summed E-state index contributed by atoms with van der Waals surface area (Å²) in [5.74, 6) is 0. The topological polar surface area (TPSA) is 72.6 Å². The number of hydrogen-bond donors (Lipinski definition) is 1. The van der Waals surface area contributed by atoms with Gasteiger partial charge in [0.1, 0.15) is 0 Å². The number of nitrogens with zero attached hydrogens (tertiary/aromatic N) is 1. The summed E-state index contributed by atoms with van der Waals surface area (Å²) in [5.41, 5.74) is 7.44. The van der Waals surface area contributed by atoms with Gasteiger partial charge in [0.15, 0.2) is 0 Å². The summed E-state index contributed by atoms with van der Waals surface area (Å²) in [4.78, 5) is 0.273. The molecule has 2 rings (SSSR count). The van der Waals surface area contributed by atoms with Gasteiger partial charge in [-0.25, -0.2) is 8.42 Å². The van der Waals surface area contributed by atoms with Crippen LogP contribution in [0.4, 0.5) is 5.69 Å². The van der Waals surface area contributed by atoms with Gasteiger partial charge < -0.3 is 10.5 Å². The SMILES string of the molecule is CCOC1CCCN(S(=O)(=O)c2ccc(CC)c(N)c2)C1. The average molecular weight is 312 g/mol. The van der Waals surface area contributed by atoms with Crippen LogP contribution in [0.5, 0.6) is 0 Å². The van der Waals surface area contributed by atoms with Gasteiger partial charge >= 0.3 is 0 Å². The van der Waals surface area contributed by atoms with Crippen molar-refractivity contribution in [2.75, 3.05) is 25.4 Å². The minimum Gasteiger partial charge on any atom is -0.398 e. The van der Waals surface area contributed by atoms with Crippen LogP contribution in [0.15, 0.2) is 23.1 Å². The van der Waals surface area contributed by atoms with E-state index in [4.69, 9.17) is 10.5 Å². The van der Waals surface area contributed by atoms with Crippen molar-refractivity contribution >= 4 is 15.7 Å². The van der Waals surface area contributed by atoms with Crippen molar-refractivity contribution in [3.8, 4) is 0 Å². The van der Waals surface area contributed by atoms with Crippen molar-refractivity contribution in [3.63, 3.8) is 0 Å². The van der Waals surface area contributed by atoms with Crippen LogP contribution in [0, 0.1) is 0 Å². The predicted octanol–water partition coefficient (Wildman–Crippen LogP) is 2.02. The van der Waals surface area contributed by atoms with Gasteiger partial charge in [-0.3, -0.25) is 0 Å². The van der Waals surface area contributed by atoms with E-state index in [0.29, 0.717) is 25.4 Å². The fourth-order valence-corrected chi connectivity index (χ4v) is 4.25. The lowest BCUT2D eigenvalue weighted by Gasteiger charge is -2.31. The molecule has 1 saturated heterocycles. The molecule has 1 aliphatic rings. The Hall–Kier alpha value is -1.11. The third kappa shape index (κ3) is 3.56. The van der Waals surface area contributed by atoms with E-state index in [1.54, 1.807) is 18.2 Å². The maximum Gasteiger partial charge on any atom is 0.243 e. The second kappa shape index (κ2) is 6.77. The molecule has 0 bridgehead atoms. The quantitative estimate of drug-likeness (QED) is 0.844. The highest BCUT2D eigenvalue weighted by molar-refractivity contribution is 7.89. The Balaban J connectivity index is 2.23. The van der Waals surface area contributed by atoms with Gasteiger partial charge in [-0.1, -0.05) is 13.0 Å². The Bertz CT molecular complexity index is 585. The number of aryl methyl sites for hydroxylation is 1. The summed E-state index contributed by atoms with van der Waals surface area (Å²) < 4.78 is 32.5.